The van der Waals surface area contributed by atoms with Crippen LogP contribution in [0.3, 0.4) is 0 Å². The Hall–Kier alpha value is -3.45. The summed E-state index contributed by atoms with van der Waals surface area (Å²) in [6.45, 7) is -0.255. The van der Waals surface area contributed by atoms with Gasteiger partial charge in [-0.15, -0.1) is 0 Å². The van der Waals surface area contributed by atoms with Crippen molar-refractivity contribution in [1.29, 1.82) is 0 Å². The Balaban J connectivity index is 1.67. The summed E-state index contributed by atoms with van der Waals surface area (Å²) in [5.74, 6) is -0.989. The molecule has 1 unspecified atom stereocenters. The number of hydrogen-bond donors (Lipinski definition) is 1. The molecule has 1 fully saturated rings. The third-order valence-electron chi connectivity index (χ3n) is 4.50. The monoisotopic (exact) mass is 485 g/mol. The Kier molecular flexibility index (Phi) is 6.74. The van der Waals surface area contributed by atoms with E-state index in [1.54, 1.807) is 0 Å². The largest absolute Gasteiger partial charge is 0.441 e. The van der Waals surface area contributed by atoms with Gasteiger partial charge in [0.2, 0.25) is 0 Å². The van der Waals surface area contributed by atoms with E-state index in [-0.39, 0.29) is 24.6 Å². The van der Waals surface area contributed by atoms with Crippen molar-refractivity contribution in [2.45, 2.75) is 12.3 Å². The van der Waals surface area contributed by atoms with Gasteiger partial charge in [0.05, 0.1) is 18.4 Å². The highest BCUT2D eigenvalue weighted by atomic mass is 32.2. The second-order valence-corrected chi connectivity index (χ2v) is 8.67. The summed E-state index contributed by atoms with van der Waals surface area (Å²) >= 11 is 0. The van der Waals surface area contributed by atoms with Crippen LogP contribution in [0.1, 0.15) is 21.5 Å². The van der Waals surface area contributed by atoms with Crippen molar-refractivity contribution in [3.05, 3.63) is 65.2 Å². The van der Waals surface area contributed by atoms with Crippen molar-refractivity contribution in [1.82, 2.24) is 0 Å². The maximum Gasteiger partial charge on any atom is 0.416 e. The smallest absolute Gasteiger partial charge is 0.416 e. The van der Waals surface area contributed by atoms with Gasteiger partial charge in [-0.25, -0.2) is 4.79 Å². The zero-order valence-electron chi connectivity index (χ0n) is 17.1. The molecule has 2 N–H and O–H groups in total. The van der Waals surface area contributed by atoms with Crippen LogP contribution in [0.2, 0.25) is 0 Å². The summed E-state index contributed by atoms with van der Waals surface area (Å²) in [6.07, 6.45) is -5.10. The van der Waals surface area contributed by atoms with Crippen LogP contribution in [0.4, 0.5) is 23.7 Å². The minimum absolute atomic E-state index is 0.0592. The number of rotatable bonds is 6. The number of aliphatic imine (C=N–C) groups is 1. The molecule has 13 heteroatoms. The molecule has 1 aliphatic heterocycles. The summed E-state index contributed by atoms with van der Waals surface area (Å²) in [4.78, 5) is 29.2. The van der Waals surface area contributed by atoms with Crippen LogP contribution in [0.25, 0.3) is 0 Å². The molecule has 0 aromatic heterocycles. The van der Waals surface area contributed by atoms with Crippen LogP contribution >= 0.6 is 0 Å². The van der Waals surface area contributed by atoms with Crippen LogP contribution in [0.5, 0.6) is 0 Å². The quantitative estimate of drug-likeness (QED) is 0.378. The van der Waals surface area contributed by atoms with E-state index in [1.807, 2.05) is 0 Å². The van der Waals surface area contributed by atoms with Crippen LogP contribution in [0.15, 0.2) is 53.5 Å². The number of alkyl halides is 3. The van der Waals surface area contributed by atoms with E-state index >= 15 is 0 Å². The molecule has 1 saturated heterocycles. The highest BCUT2D eigenvalue weighted by molar-refractivity contribution is 7.85. The molecule has 0 aliphatic carbocycles. The van der Waals surface area contributed by atoms with Gasteiger partial charge < -0.3 is 10.5 Å². The molecular weight excluding hydrogens is 467 g/mol. The molecule has 0 spiro atoms. The van der Waals surface area contributed by atoms with Crippen molar-refractivity contribution in [2.75, 3.05) is 24.3 Å². The molecule has 176 valence electrons. The predicted octanol–water partition coefficient (Wildman–Crippen LogP) is 2.55. The molecular formula is C20H18F3N3O6S. The van der Waals surface area contributed by atoms with E-state index in [9.17, 15) is 31.2 Å². The lowest BCUT2D eigenvalue weighted by molar-refractivity contribution is -0.137. The number of benzene rings is 2. The number of carbonyl (C=O) groups excluding carboxylic acids is 2. The highest BCUT2D eigenvalue weighted by Gasteiger charge is 2.33. The molecule has 0 bridgehead atoms. The first-order chi connectivity index (χ1) is 15.3. The Morgan fingerprint density at radius 3 is 2.27 bits per heavy atom. The van der Waals surface area contributed by atoms with Gasteiger partial charge in [-0.3, -0.25) is 13.9 Å². The average molecular weight is 485 g/mol. The Morgan fingerprint density at radius 1 is 1.15 bits per heavy atom. The first-order valence-corrected chi connectivity index (χ1v) is 11.1. The van der Waals surface area contributed by atoms with E-state index < -0.39 is 40.0 Å². The van der Waals surface area contributed by atoms with Gasteiger partial charge in [0, 0.05) is 16.8 Å². The SMILES string of the molecule is CS(=O)(=O)OCC1CN(c2ccc(C(N)=NC(=O)c3ccc(C(F)(F)F)cc3)cc2)C(=O)O1. The van der Waals surface area contributed by atoms with Gasteiger partial charge in [0.15, 0.2) is 0 Å². The van der Waals surface area contributed by atoms with Crippen molar-refractivity contribution in [3.63, 3.8) is 0 Å². The predicted molar refractivity (Wildman–Crippen MR) is 111 cm³/mol. The summed E-state index contributed by atoms with van der Waals surface area (Å²) < 4.78 is 69.8. The second-order valence-electron chi connectivity index (χ2n) is 7.03. The van der Waals surface area contributed by atoms with Gasteiger partial charge >= 0.3 is 12.3 Å². The fourth-order valence-electron chi connectivity index (χ4n) is 2.87. The van der Waals surface area contributed by atoms with E-state index in [0.29, 0.717) is 11.3 Å². The zero-order chi connectivity index (χ0) is 24.4. The molecule has 0 radical (unpaired) electrons. The number of ether oxygens (including phenoxy) is 1. The Labute approximate surface area is 186 Å². The van der Waals surface area contributed by atoms with Gasteiger partial charge in [-0.2, -0.15) is 26.6 Å². The van der Waals surface area contributed by atoms with Gasteiger partial charge in [-0.1, -0.05) is 0 Å². The summed E-state index contributed by atoms with van der Waals surface area (Å²) in [5, 5.41) is 0. The van der Waals surface area contributed by atoms with Gasteiger partial charge in [0.25, 0.3) is 16.0 Å². The molecule has 2 amide bonds. The molecule has 2 aromatic carbocycles. The molecule has 33 heavy (non-hydrogen) atoms. The lowest BCUT2D eigenvalue weighted by Gasteiger charge is -2.13. The standard InChI is InChI=1S/C20H18F3N3O6S/c1-33(29,30)31-11-16-10-26(19(28)32-16)15-8-4-12(5-9-15)17(24)25-18(27)13-2-6-14(7-3-13)20(21,22)23/h2-9,16H,10-11H2,1H3,(H2,24,25,27). The lowest BCUT2D eigenvalue weighted by Crippen LogP contribution is -2.26. The third kappa shape index (κ3) is 6.29. The van der Waals surface area contributed by atoms with E-state index in [0.717, 1.165) is 30.5 Å². The molecule has 1 aliphatic rings. The van der Waals surface area contributed by atoms with Crippen LogP contribution < -0.4 is 10.6 Å². The lowest BCUT2D eigenvalue weighted by atomic mass is 10.1. The zero-order valence-corrected chi connectivity index (χ0v) is 17.9. The number of nitrogens with zero attached hydrogens (tertiary/aromatic N) is 2. The number of carbonyl (C=O) groups is 2. The van der Waals surface area contributed by atoms with E-state index in [1.165, 1.54) is 29.2 Å². The van der Waals surface area contributed by atoms with Gasteiger partial charge in [0.1, 0.15) is 18.5 Å². The second kappa shape index (κ2) is 9.19. The minimum Gasteiger partial charge on any atom is -0.441 e. The van der Waals surface area contributed by atoms with Crippen LogP contribution in [-0.2, 0) is 25.2 Å². The number of amidine groups is 1. The molecule has 9 nitrogen and oxygen atoms in total. The number of hydrogen-bond acceptors (Lipinski definition) is 6. The average Bonchev–Trinajstić information content (AvgIpc) is 3.12. The minimum atomic E-state index is -4.52. The van der Waals surface area contributed by atoms with Crippen LogP contribution in [-0.4, -0.2) is 51.8 Å². The number of anilines is 1. The summed E-state index contributed by atoms with van der Waals surface area (Å²) in [5.41, 5.74) is 5.64. The maximum atomic E-state index is 12.6. The van der Waals surface area contributed by atoms with Crippen molar-refractivity contribution in [2.24, 2.45) is 10.7 Å². The third-order valence-corrected chi connectivity index (χ3v) is 5.06. The molecule has 2 aromatic rings. The molecule has 1 heterocycles. The Morgan fingerprint density at radius 2 is 1.73 bits per heavy atom. The van der Waals surface area contributed by atoms with Gasteiger partial charge in [-0.05, 0) is 48.5 Å². The molecule has 1 atom stereocenters. The van der Waals surface area contributed by atoms with E-state index in [2.05, 4.69) is 9.18 Å². The van der Waals surface area contributed by atoms with Crippen molar-refractivity contribution >= 4 is 33.6 Å². The maximum absolute atomic E-state index is 12.6. The fourth-order valence-corrected chi connectivity index (χ4v) is 3.27. The summed E-state index contributed by atoms with van der Waals surface area (Å²) in [7, 11) is -3.68. The molecule has 3 rings (SSSR count). The van der Waals surface area contributed by atoms with Crippen molar-refractivity contribution < 1.29 is 40.1 Å². The number of halogens is 3. The highest BCUT2D eigenvalue weighted by Crippen LogP contribution is 2.29. The molecule has 0 saturated carbocycles. The van der Waals surface area contributed by atoms with Crippen molar-refractivity contribution in [3.8, 4) is 0 Å². The van der Waals surface area contributed by atoms with E-state index in [4.69, 9.17) is 10.5 Å². The first kappa shape index (κ1) is 24.2. The number of amides is 2. The number of cyclic esters (lactones) is 1. The normalized spacial score (nSPS) is 17.2. The van der Waals surface area contributed by atoms with Crippen LogP contribution in [0, 0.1) is 0 Å². The number of nitrogens with two attached hydrogens (primary N) is 1. The fraction of sp³-hybridized carbons (Fsp3) is 0.250. The Bertz CT molecular complexity index is 1180. The summed E-state index contributed by atoms with van der Waals surface area (Å²) in [6, 6.07) is 9.57. The first-order valence-electron chi connectivity index (χ1n) is 9.32. The topological polar surface area (TPSA) is 128 Å².